The molecule has 2 aromatic heterocycles. The fraction of sp³-hybridized carbons (Fsp3) is 0.0909. The average Bonchev–Trinajstić information content (AvgIpc) is 3.16. The van der Waals surface area contributed by atoms with Crippen molar-refractivity contribution in [2.75, 3.05) is 17.4 Å². The number of hydroxylamine groups is 1. The normalized spacial score (nSPS) is 12.5. The molecule has 1 atom stereocenters. The van der Waals surface area contributed by atoms with Crippen LogP contribution in [0.15, 0.2) is 73.1 Å². The summed E-state index contributed by atoms with van der Waals surface area (Å²) in [4.78, 5) is 15.0. The maximum atomic E-state index is 15.2. The van der Waals surface area contributed by atoms with Gasteiger partial charge in [-0.25, -0.2) is 9.27 Å². The lowest BCUT2D eigenvalue weighted by Gasteiger charge is -2.20. The van der Waals surface area contributed by atoms with Crippen LogP contribution in [0.5, 0.6) is 0 Å². The van der Waals surface area contributed by atoms with E-state index in [9.17, 15) is 13.6 Å². The van der Waals surface area contributed by atoms with Gasteiger partial charge in [-0.15, -0.1) is 0 Å². The number of fused-ring (bicyclic) bond motifs is 1. The molecule has 1 amide bonds. The summed E-state index contributed by atoms with van der Waals surface area (Å²) in [6, 6.07) is 14.9. The molecule has 8 nitrogen and oxygen atoms in total. The summed E-state index contributed by atoms with van der Waals surface area (Å²) in [5, 5.41) is 4.31. The molecule has 0 aliphatic carbocycles. The summed E-state index contributed by atoms with van der Waals surface area (Å²) < 4.78 is 58.4. The van der Waals surface area contributed by atoms with Crippen molar-refractivity contribution in [3.05, 3.63) is 84.2 Å². The van der Waals surface area contributed by atoms with E-state index in [1.165, 1.54) is 49.8 Å². The van der Waals surface area contributed by atoms with Crippen LogP contribution >= 0.6 is 0 Å². The van der Waals surface area contributed by atoms with Crippen molar-refractivity contribution in [3.8, 4) is 5.69 Å². The number of amides is 1. The first-order valence-electron chi connectivity index (χ1n) is 9.57. The molecule has 4 aromatic rings. The zero-order valence-corrected chi connectivity index (χ0v) is 18.0. The molecule has 4 rings (SSSR count). The van der Waals surface area contributed by atoms with E-state index in [1.807, 2.05) is 0 Å². The number of halogens is 2. The summed E-state index contributed by atoms with van der Waals surface area (Å²) in [6.07, 6.45) is 3.08. The Kier molecular flexibility index (Phi) is 6.18. The van der Waals surface area contributed by atoms with Crippen molar-refractivity contribution < 1.29 is 26.6 Å². The van der Waals surface area contributed by atoms with Crippen LogP contribution in [0, 0.1) is 0 Å². The van der Waals surface area contributed by atoms with Crippen molar-refractivity contribution in [1.82, 2.24) is 9.55 Å². The molecular formula is C22H17F2N4O4S-. The van der Waals surface area contributed by atoms with E-state index >= 15 is 8.78 Å². The van der Waals surface area contributed by atoms with Crippen molar-refractivity contribution in [2.45, 2.75) is 5.92 Å². The third kappa shape index (κ3) is 4.46. The number of anilines is 2. The van der Waals surface area contributed by atoms with E-state index in [0.717, 1.165) is 5.06 Å². The highest BCUT2D eigenvalue weighted by Gasteiger charge is 2.34. The SMILES string of the molecule is CN(OS(=O)[O-])c1ccc2cc(NC=O)n(-c3cccc(C(F)(F)c4ccncc4)c3)c2c1. The largest absolute Gasteiger partial charge is 0.748 e. The van der Waals surface area contributed by atoms with Crippen LogP contribution in [0.4, 0.5) is 20.3 Å². The number of alkyl halides is 2. The van der Waals surface area contributed by atoms with Gasteiger partial charge in [-0.3, -0.25) is 14.3 Å². The molecule has 1 N–H and O–H groups in total. The molecule has 2 aromatic carbocycles. The average molecular weight is 471 g/mol. The Labute approximate surface area is 189 Å². The standard InChI is InChI=1S/C22H18F2N4O4S/c1-27(32-33(30)31)18-6-5-15-11-21(26-14-29)28(20(15)13-18)19-4-2-3-17(12-19)22(23,24)16-7-9-25-10-8-16/h2-14H,1H3,(H,26,29)(H,30,31)/p-1. The molecule has 0 bridgehead atoms. The van der Waals surface area contributed by atoms with Gasteiger partial charge in [-0.2, -0.15) is 13.1 Å². The first-order chi connectivity index (χ1) is 15.8. The van der Waals surface area contributed by atoms with Crippen LogP contribution < -0.4 is 10.4 Å². The number of benzene rings is 2. The number of pyridine rings is 1. The lowest BCUT2D eigenvalue weighted by atomic mass is 10.0. The number of rotatable bonds is 8. The van der Waals surface area contributed by atoms with Crippen LogP contribution in [0.1, 0.15) is 11.1 Å². The molecule has 0 radical (unpaired) electrons. The van der Waals surface area contributed by atoms with Crippen LogP contribution in [0.25, 0.3) is 16.6 Å². The van der Waals surface area contributed by atoms with E-state index in [4.69, 9.17) is 0 Å². The van der Waals surface area contributed by atoms with E-state index in [2.05, 4.69) is 14.6 Å². The zero-order valence-electron chi connectivity index (χ0n) is 17.1. The van der Waals surface area contributed by atoms with Crippen molar-refractivity contribution in [3.63, 3.8) is 0 Å². The van der Waals surface area contributed by atoms with Gasteiger partial charge in [0, 0.05) is 41.6 Å². The molecule has 2 heterocycles. The Morgan fingerprint density at radius 3 is 2.58 bits per heavy atom. The molecule has 170 valence electrons. The fourth-order valence-corrected chi connectivity index (χ4v) is 3.80. The molecule has 0 saturated heterocycles. The predicted octanol–water partition coefficient (Wildman–Crippen LogP) is 3.90. The Bertz CT molecular complexity index is 1330. The van der Waals surface area contributed by atoms with Crippen molar-refractivity contribution in [1.29, 1.82) is 0 Å². The minimum atomic E-state index is -3.28. The monoisotopic (exact) mass is 471 g/mol. The molecule has 33 heavy (non-hydrogen) atoms. The van der Waals surface area contributed by atoms with Gasteiger partial charge in [0.25, 0.3) is 5.92 Å². The van der Waals surface area contributed by atoms with Gasteiger partial charge in [0.2, 0.25) is 6.41 Å². The molecule has 1 unspecified atom stereocenters. The number of hydrogen-bond donors (Lipinski definition) is 1. The van der Waals surface area contributed by atoms with E-state index < -0.39 is 17.3 Å². The quantitative estimate of drug-likeness (QED) is 0.238. The van der Waals surface area contributed by atoms with Gasteiger partial charge in [0.15, 0.2) is 0 Å². The lowest BCUT2D eigenvalue weighted by molar-refractivity contribution is -0.105. The molecule has 0 saturated carbocycles. The second-order valence-electron chi connectivity index (χ2n) is 7.01. The third-order valence-corrected chi connectivity index (χ3v) is 5.39. The predicted molar refractivity (Wildman–Crippen MR) is 119 cm³/mol. The first kappa shape index (κ1) is 22.5. The van der Waals surface area contributed by atoms with Gasteiger partial charge in [-0.1, -0.05) is 18.2 Å². The number of carbonyl (C=O) groups is 1. The van der Waals surface area contributed by atoms with Gasteiger partial charge in [0.1, 0.15) is 17.2 Å². The third-order valence-electron chi connectivity index (χ3n) is 5.04. The smallest absolute Gasteiger partial charge is 0.298 e. The highest BCUT2D eigenvalue weighted by Crippen LogP contribution is 2.37. The van der Waals surface area contributed by atoms with Gasteiger partial charge < -0.3 is 9.87 Å². The van der Waals surface area contributed by atoms with Gasteiger partial charge in [-0.05, 0) is 42.5 Å². The van der Waals surface area contributed by atoms with E-state index in [0.29, 0.717) is 34.5 Å². The van der Waals surface area contributed by atoms with Crippen molar-refractivity contribution in [2.24, 2.45) is 0 Å². The lowest BCUT2D eigenvalue weighted by Crippen LogP contribution is -2.19. The Morgan fingerprint density at radius 2 is 1.88 bits per heavy atom. The maximum Gasteiger partial charge on any atom is 0.298 e. The van der Waals surface area contributed by atoms with Crippen LogP contribution in [0.2, 0.25) is 0 Å². The zero-order chi connectivity index (χ0) is 23.6. The summed E-state index contributed by atoms with van der Waals surface area (Å²) >= 11 is -2.78. The van der Waals surface area contributed by atoms with Gasteiger partial charge in [0.05, 0.1) is 11.2 Å². The molecular weight excluding hydrogens is 454 g/mol. The second-order valence-corrected chi connectivity index (χ2v) is 7.56. The molecule has 0 aliphatic rings. The minimum absolute atomic E-state index is 0.204. The number of carbonyl (C=O) groups excluding carboxylic acids is 1. The molecule has 0 aliphatic heterocycles. The fourth-order valence-electron chi connectivity index (χ4n) is 3.53. The maximum absolute atomic E-state index is 15.2. The topological polar surface area (TPSA) is 99.5 Å². The first-order valence-corrected chi connectivity index (χ1v) is 10.6. The highest BCUT2D eigenvalue weighted by molar-refractivity contribution is 7.74. The summed E-state index contributed by atoms with van der Waals surface area (Å²) in [6.45, 7) is 0. The number of aromatic nitrogens is 2. The number of hydrogen-bond acceptors (Lipinski definition) is 6. The molecule has 11 heteroatoms. The summed E-state index contributed by atoms with van der Waals surface area (Å²) in [5.41, 5.74) is 0.845. The summed E-state index contributed by atoms with van der Waals surface area (Å²) in [5.74, 6) is -2.94. The Hall–Kier alpha value is -3.67. The molecule has 0 fully saturated rings. The number of nitrogens with one attached hydrogen (secondary N) is 1. The van der Waals surface area contributed by atoms with Crippen LogP contribution in [0.3, 0.4) is 0 Å². The highest BCUT2D eigenvalue weighted by atomic mass is 32.2. The number of nitrogens with zero attached hydrogens (tertiary/aromatic N) is 3. The Morgan fingerprint density at radius 1 is 1.12 bits per heavy atom. The minimum Gasteiger partial charge on any atom is -0.748 e. The van der Waals surface area contributed by atoms with Crippen molar-refractivity contribution >= 4 is 40.2 Å². The molecule has 0 spiro atoms. The van der Waals surface area contributed by atoms with E-state index in [-0.39, 0.29) is 11.1 Å². The second kappa shape index (κ2) is 9.06. The van der Waals surface area contributed by atoms with Crippen LogP contribution in [-0.2, 0) is 26.4 Å². The Balaban J connectivity index is 1.86. The summed E-state index contributed by atoms with van der Waals surface area (Å²) in [7, 11) is 1.41. The van der Waals surface area contributed by atoms with E-state index in [1.54, 1.807) is 34.9 Å². The van der Waals surface area contributed by atoms with Crippen LogP contribution in [-0.4, -0.2) is 31.8 Å². The van der Waals surface area contributed by atoms with Gasteiger partial charge >= 0.3 is 0 Å².